The molecule has 1 aliphatic carbocycles. The maximum atomic E-state index is 12.6. The van der Waals surface area contributed by atoms with Crippen LogP contribution in [0.3, 0.4) is 0 Å². The van der Waals surface area contributed by atoms with Crippen LogP contribution in [0, 0.1) is 6.92 Å². The minimum atomic E-state index is -3.61. The van der Waals surface area contributed by atoms with Crippen molar-refractivity contribution in [2.75, 3.05) is 0 Å². The first-order valence-electron chi connectivity index (χ1n) is 6.28. The molecule has 1 atom stereocenters. The molecule has 1 aromatic carbocycles. The molecule has 1 unspecified atom stereocenters. The summed E-state index contributed by atoms with van der Waals surface area (Å²) in [4.78, 5) is 11.2. The molecule has 0 fully saturated rings. The molecule has 0 saturated heterocycles. The van der Waals surface area contributed by atoms with E-state index in [1.807, 2.05) is 6.08 Å². The van der Waals surface area contributed by atoms with Crippen molar-refractivity contribution in [2.45, 2.75) is 36.3 Å². The number of sulfone groups is 1. The molecule has 0 bridgehead atoms. The van der Waals surface area contributed by atoms with E-state index in [9.17, 15) is 13.2 Å². The minimum Gasteiger partial charge on any atom is -0.478 e. The molecule has 108 valence electrons. The second kappa shape index (κ2) is 5.58. The van der Waals surface area contributed by atoms with E-state index in [4.69, 9.17) is 16.7 Å². The van der Waals surface area contributed by atoms with Crippen LogP contribution in [0.25, 0.3) is 0 Å². The summed E-state index contributed by atoms with van der Waals surface area (Å²) < 4.78 is 25.3. The summed E-state index contributed by atoms with van der Waals surface area (Å²) in [6.07, 6.45) is 5.77. The SMILES string of the molecule is Cc1c(C(=O)O)cc(Cl)cc1S(=O)(=O)C1C=CCCC1. The van der Waals surface area contributed by atoms with Gasteiger partial charge < -0.3 is 5.11 Å². The highest BCUT2D eigenvalue weighted by Crippen LogP contribution is 2.30. The van der Waals surface area contributed by atoms with E-state index in [-0.39, 0.29) is 21.0 Å². The highest BCUT2D eigenvalue weighted by Gasteiger charge is 2.29. The summed E-state index contributed by atoms with van der Waals surface area (Å²) in [6, 6.07) is 2.61. The third kappa shape index (κ3) is 2.74. The Morgan fingerprint density at radius 3 is 2.65 bits per heavy atom. The average Bonchev–Trinajstić information content (AvgIpc) is 2.41. The van der Waals surface area contributed by atoms with Crippen LogP contribution in [-0.2, 0) is 9.84 Å². The topological polar surface area (TPSA) is 71.4 Å². The first kappa shape index (κ1) is 15.1. The Labute approximate surface area is 123 Å². The van der Waals surface area contributed by atoms with Crippen molar-refractivity contribution in [3.63, 3.8) is 0 Å². The van der Waals surface area contributed by atoms with Crippen molar-refractivity contribution >= 4 is 27.4 Å². The van der Waals surface area contributed by atoms with Crippen molar-refractivity contribution in [3.05, 3.63) is 40.4 Å². The van der Waals surface area contributed by atoms with Gasteiger partial charge in [-0.2, -0.15) is 0 Å². The monoisotopic (exact) mass is 314 g/mol. The molecule has 1 aliphatic rings. The molecular formula is C14H15ClO4S. The number of aromatic carboxylic acids is 1. The first-order chi connectivity index (χ1) is 9.34. The van der Waals surface area contributed by atoms with Crippen LogP contribution in [0.1, 0.15) is 35.2 Å². The summed E-state index contributed by atoms with van der Waals surface area (Å²) in [5.74, 6) is -1.18. The Kier molecular flexibility index (Phi) is 4.20. The fourth-order valence-electron chi connectivity index (χ4n) is 2.37. The molecule has 0 saturated carbocycles. The van der Waals surface area contributed by atoms with E-state index >= 15 is 0 Å². The Morgan fingerprint density at radius 1 is 1.40 bits per heavy atom. The number of hydrogen-bond donors (Lipinski definition) is 1. The average molecular weight is 315 g/mol. The highest BCUT2D eigenvalue weighted by atomic mass is 35.5. The van der Waals surface area contributed by atoms with Gasteiger partial charge in [0, 0.05) is 5.02 Å². The number of carboxylic acid groups (broad SMARTS) is 1. The molecule has 2 rings (SSSR count). The van der Waals surface area contributed by atoms with Crippen LogP contribution in [0.5, 0.6) is 0 Å². The van der Waals surface area contributed by atoms with Crippen molar-refractivity contribution in [2.24, 2.45) is 0 Å². The molecule has 0 radical (unpaired) electrons. The van der Waals surface area contributed by atoms with Crippen molar-refractivity contribution in [1.29, 1.82) is 0 Å². The largest absolute Gasteiger partial charge is 0.478 e. The van der Waals surface area contributed by atoms with Crippen LogP contribution >= 0.6 is 11.6 Å². The maximum absolute atomic E-state index is 12.6. The van der Waals surface area contributed by atoms with Crippen LogP contribution in [0.4, 0.5) is 0 Å². The molecule has 20 heavy (non-hydrogen) atoms. The fourth-order valence-corrected chi connectivity index (χ4v) is 4.61. The predicted octanol–water partition coefficient (Wildman–Crippen LogP) is 3.23. The van der Waals surface area contributed by atoms with E-state index < -0.39 is 21.1 Å². The molecule has 1 aromatic rings. The molecule has 0 aliphatic heterocycles. The number of halogens is 1. The summed E-state index contributed by atoms with van der Waals surface area (Å²) in [5.41, 5.74) is 0.164. The Hall–Kier alpha value is -1.33. The molecule has 0 aromatic heterocycles. The quantitative estimate of drug-likeness (QED) is 0.869. The number of benzene rings is 1. The molecule has 1 N–H and O–H groups in total. The van der Waals surface area contributed by atoms with Crippen LogP contribution in [0.2, 0.25) is 5.02 Å². The minimum absolute atomic E-state index is 0.0129. The van der Waals surface area contributed by atoms with E-state index in [0.29, 0.717) is 6.42 Å². The molecule has 0 amide bonds. The second-order valence-electron chi connectivity index (χ2n) is 4.82. The lowest BCUT2D eigenvalue weighted by Crippen LogP contribution is -2.22. The van der Waals surface area contributed by atoms with Gasteiger partial charge in [-0.1, -0.05) is 23.8 Å². The summed E-state index contributed by atoms with van der Waals surface area (Å²) >= 11 is 5.87. The van der Waals surface area contributed by atoms with Gasteiger partial charge in [-0.05, 0) is 43.9 Å². The predicted molar refractivity (Wildman–Crippen MR) is 77.1 cm³/mol. The normalized spacial score (nSPS) is 19.0. The van der Waals surface area contributed by atoms with Crippen molar-refractivity contribution in [3.8, 4) is 0 Å². The Bertz CT molecular complexity index is 677. The lowest BCUT2D eigenvalue weighted by molar-refractivity contribution is 0.0696. The highest BCUT2D eigenvalue weighted by molar-refractivity contribution is 7.92. The zero-order valence-electron chi connectivity index (χ0n) is 11.0. The number of hydrogen-bond acceptors (Lipinski definition) is 3. The van der Waals surface area contributed by atoms with Gasteiger partial charge in [0.15, 0.2) is 9.84 Å². The van der Waals surface area contributed by atoms with Crippen LogP contribution in [-0.4, -0.2) is 24.7 Å². The number of allylic oxidation sites excluding steroid dienone is 1. The van der Waals surface area contributed by atoms with Gasteiger partial charge >= 0.3 is 5.97 Å². The maximum Gasteiger partial charge on any atom is 0.336 e. The van der Waals surface area contributed by atoms with Gasteiger partial charge in [-0.3, -0.25) is 0 Å². The van der Waals surface area contributed by atoms with Gasteiger partial charge in [0.05, 0.1) is 15.7 Å². The van der Waals surface area contributed by atoms with Crippen LogP contribution in [0.15, 0.2) is 29.2 Å². The molecule has 0 heterocycles. The fraction of sp³-hybridized carbons (Fsp3) is 0.357. The van der Waals surface area contributed by atoms with Gasteiger partial charge in [-0.15, -0.1) is 0 Å². The van der Waals surface area contributed by atoms with Gasteiger partial charge in [0.25, 0.3) is 0 Å². The molecular weight excluding hydrogens is 300 g/mol. The summed E-state index contributed by atoms with van der Waals surface area (Å²) in [6.45, 7) is 1.50. The zero-order valence-corrected chi connectivity index (χ0v) is 12.5. The summed E-state index contributed by atoms with van der Waals surface area (Å²) in [5, 5.41) is 8.64. The summed E-state index contributed by atoms with van der Waals surface area (Å²) in [7, 11) is -3.61. The van der Waals surface area contributed by atoms with E-state index in [0.717, 1.165) is 12.8 Å². The Balaban J connectivity index is 2.59. The van der Waals surface area contributed by atoms with E-state index in [2.05, 4.69) is 0 Å². The van der Waals surface area contributed by atoms with Gasteiger partial charge in [0.2, 0.25) is 0 Å². The van der Waals surface area contributed by atoms with Crippen LogP contribution < -0.4 is 0 Å². The standard InChI is InChI=1S/C14H15ClO4S/c1-9-12(14(16)17)7-10(15)8-13(9)20(18,19)11-5-3-2-4-6-11/h3,5,7-8,11H,2,4,6H2,1H3,(H,16,17). The lowest BCUT2D eigenvalue weighted by Gasteiger charge is -2.19. The molecule has 4 nitrogen and oxygen atoms in total. The third-order valence-corrected chi connectivity index (χ3v) is 5.92. The lowest BCUT2D eigenvalue weighted by atomic mass is 10.1. The van der Waals surface area contributed by atoms with Gasteiger partial charge in [0.1, 0.15) is 0 Å². The van der Waals surface area contributed by atoms with E-state index in [1.54, 1.807) is 6.08 Å². The third-order valence-electron chi connectivity index (χ3n) is 3.47. The molecule has 6 heteroatoms. The first-order valence-corrected chi connectivity index (χ1v) is 8.20. The smallest absolute Gasteiger partial charge is 0.336 e. The van der Waals surface area contributed by atoms with E-state index in [1.165, 1.54) is 19.1 Å². The Morgan fingerprint density at radius 2 is 2.10 bits per heavy atom. The molecule has 0 spiro atoms. The van der Waals surface area contributed by atoms with Gasteiger partial charge in [-0.25, -0.2) is 13.2 Å². The number of rotatable bonds is 3. The zero-order chi connectivity index (χ0) is 14.9. The second-order valence-corrected chi connectivity index (χ2v) is 7.40. The van der Waals surface area contributed by atoms with Crippen molar-refractivity contribution < 1.29 is 18.3 Å². The van der Waals surface area contributed by atoms with Crippen molar-refractivity contribution in [1.82, 2.24) is 0 Å². The number of carboxylic acids is 1. The number of carbonyl (C=O) groups is 1.